The first kappa shape index (κ1) is 20.5. The number of ether oxygens (including phenoxy) is 3. The number of carbonyl (C=O) groups is 1. The molecule has 0 fully saturated rings. The van der Waals surface area contributed by atoms with Crippen LogP contribution in [0.3, 0.4) is 0 Å². The average molecular weight is 394 g/mol. The van der Waals surface area contributed by atoms with E-state index in [0.29, 0.717) is 13.2 Å². The van der Waals surface area contributed by atoms with Crippen LogP contribution < -0.4 is 9.47 Å². The first-order valence-electron chi connectivity index (χ1n) is 9.59. The van der Waals surface area contributed by atoms with Crippen LogP contribution in [0, 0.1) is 6.92 Å². The van der Waals surface area contributed by atoms with Crippen LogP contribution in [0.15, 0.2) is 48.5 Å². The van der Waals surface area contributed by atoms with Crippen molar-refractivity contribution in [3.05, 3.63) is 54.1 Å². The van der Waals surface area contributed by atoms with Crippen LogP contribution in [-0.4, -0.2) is 36.6 Å². The summed E-state index contributed by atoms with van der Waals surface area (Å²) in [6, 6.07) is 15.6. The van der Waals surface area contributed by atoms with E-state index in [1.54, 1.807) is 21.1 Å². The van der Waals surface area contributed by atoms with Crippen LogP contribution in [0.4, 0.5) is 0 Å². The number of aryl methyl sites for hydroxylation is 1. The van der Waals surface area contributed by atoms with E-state index in [0.717, 1.165) is 39.6 Å². The maximum atomic E-state index is 11.9. The van der Waals surface area contributed by atoms with Gasteiger partial charge in [-0.15, -0.1) is 0 Å². The number of hydrogen-bond acceptors (Lipinski definition) is 5. The molecule has 0 saturated heterocycles. The van der Waals surface area contributed by atoms with Crippen LogP contribution in [0.25, 0.3) is 22.5 Å². The molecule has 0 aliphatic rings. The van der Waals surface area contributed by atoms with Gasteiger partial charge in [-0.3, -0.25) is 9.48 Å². The molecule has 0 saturated carbocycles. The van der Waals surface area contributed by atoms with E-state index in [4.69, 9.17) is 19.3 Å². The van der Waals surface area contributed by atoms with E-state index in [1.165, 1.54) is 0 Å². The molecule has 0 radical (unpaired) electrons. The minimum Gasteiger partial charge on any atom is -0.497 e. The zero-order valence-corrected chi connectivity index (χ0v) is 17.3. The normalized spacial score (nSPS) is 10.6. The molecule has 29 heavy (non-hydrogen) atoms. The third kappa shape index (κ3) is 4.59. The molecule has 0 atom stereocenters. The second-order valence-electron chi connectivity index (χ2n) is 6.56. The Bertz CT molecular complexity index is 994. The van der Waals surface area contributed by atoms with Crippen molar-refractivity contribution in [3.8, 4) is 34.0 Å². The zero-order chi connectivity index (χ0) is 20.8. The molecule has 0 N–H and O–H groups in total. The molecule has 3 rings (SSSR count). The number of aromatic nitrogens is 2. The minimum absolute atomic E-state index is 0.236. The van der Waals surface area contributed by atoms with Gasteiger partial charge in [0.25, 0.3) is 0 Å². The molecule has 1 aromatic heterocycles. The van der Waals surface area contributed by atoms with Crippen LogP contribution in [0.1, 0.15) is 18.9 Å². The Morgan fingerprint density at radius 2 is 1.62 bits per heavy atom. The lowest BCUT2D eigenvalue weighted by atomic mass is 10.0. The predicted octanol–water partition coefficient (Wildman–Crippen LogP) is 4.50. The van der Waals surface area contributed by atoms with Crippen molar-refractivity contribution in [1.29, 1.82) is 0 Å². The lowest BCUT2D eigenvalue weighted by molar-refractivity contribution is -0.143. The fraction of sp³-hybridized carbons (Fsp3) is 0.304. The molecule has 0 amide bonds. The van der Waals surface area contributed by atoms with Gasteiger partial charge in [0.1, 0.15) is 11.5 Å². The maximum Gasteiger partial charge on any atom is 0.307 e. The Morgan fingerprint density at radius 3 is 2.24 bits per heavy atom. The fourth-order valence-electron chi connectivity index (χ4n) is 3.32. The molecule has 0 aliphatic carbocycles. The first-order chi connectivity index (χ1) is 14.1. The number of methoxy groups -OCH3 is 2. The summed E-state index contributed by atoms with van der Waals surface area (Å²) in [5.74, 6) is 1.30. The molecule has 0 bridgehead atoms. The topological polar surface area (TPSA) is 62.6 Å². The van der Waals surface area contributed by atoms with Gasteiger partial charge >= 0.3 is 5.97 Å². The molecule has 1 heterocycles. The van der Waals surface area contributed by atoms with Crippen molar-refractivity contribution < 1.29 is 19.0 Å². The molecule has 2 aromatic carbocycles. The molecule has 152 valence electrons. The van der Waals surface area contributed by atoms with Crippen molar-refractivity contribution in [3.63, 3.8) is 0 Å². The van der Waals surface area contributed by atoms with Gasteiger partial charge in [-0.1, -0.05) is 24.3 Å². The standard InChI is InChI=1S/C23H26N2O4/c1-5-29-21(26)12-13-25-23(18-9-7-11-20(15-18)28-4)16(2)22(24-25)17-8-6-10-19(14-17)27-3/h6-11,14-15H,5,12-13H2,1-4H3. The smallest absolute Gasteiger partial charge is 0.307 e. The molecule has 0 aliphatic heterocycles. The number of rotatable bonds is 8. The molecular formula is C23H26N2O4. The lowest BCUT2D eigenvalue weighted by Crippen LogP contribution is -2.11. The summed E-state index contributed by atoms with van der Waals surface area (Å²) >= 11 is 0. The highest BCUT2D eigenvalue weighted by Gasteiger charge is 2.19. The van der Waals surface area contributed by atoms with Gasteiger partial charge in [0.05, 0.1) is 45.2 Å². The Hall–Kier alpha value is -3.28. The van der Waals surface area contributed by atoms with Gasteiger partial charge in [0.2, 0.25) is 0 Å². The van der Waals surface area contributed by atoms with Crippen molar-refractivity contribution in [2.45, 2.75) is 26.8 Å². The van der Waals surface area contributed by atoms with Crippen LogP contribution in [-0.2, 0) is 16.1 Å². The van der Waals surface area contributed by atoms with Gasteiger partial charge < -0.3 is 14.2 Å². The van der Waals surface area contributed by atoms with E-state index in [2.05, 4.69) is 0 Å². The Balaban J connectivity index is 2.08. The average Bonchev–Trinajstić information content (AvgIpc) is 3.08. The summed E-state index contributed by atoms with van der Waals surface area (Å²) in [7, 11) is 3.29. The van der Waals surface area contributed by atoms with Gasteiger partial charge in [0, 0.05) is 16.7 Å². The summed E-state index contributed by atoms with van der Waals surface area (Å²) in [6.45, 7) is 4.64. The molecular weight excluding hydrogens is 368 g/mol. The monoisotopic (exact) mass is 394 g/mol. The predicted molar refractivity (Wildman–Crippen MR) is 112 cm³/mol. The van der Waals surface area contributed by atoms with Gasteiger partial charge in [-0.25, -0.2) is 0 Å². The summed E-state index contributed by atoms with van der Waals surface area (Å²) in [5.41, 5.74) is 4.76. The van der Waals surface area contributed by atoms with Gasteiger partial charge in [0.15, 0.2) is 0 Å². The molecule has 6 heteroatoms. The second kappa shape index (κ2) is 9.28. The Morgan fingerprint density at radius 1 is 1.00 bits per heavy atom. The summed E-state index contributed by atoms with van der Waals surface area (Å²) < 4.78 is 17.7. The Labute approximate surface area is 171 Å². The third-order valence-electron chi connectivity index (χ3n) is 4.71. The van der Waals surface area contributed by atoms with Crippen LogP contribution in [0.5, 0.6) is 11.5 Å². The van der Waals surface area contributed by atoms with Gasteiger partial charge in [-0.2, -0.15) is 5.10 Å². The van der Waals surface area contributed by atoms with Crippen LogP contribution in [0.2, 0.25) is 0 Å². The number of esters is 1. The van der Waals surface area contributed by atoms with Crippen molar-refractivity contribution in [2.24, 2.45) is 0 Å². The highest BCUT2D eigenvalue weighted by molar-refractivity contribution is 5.76. The third-order valence-corrected chi connectivity index (χ3v) is 4.71. The maximum absolute atomic E-state index is 11.9. The number of hydrogen-bond donors (Lipinski definition) is 0. The second-order valence-corrected chi connectivity index (χ2v) is 6.56. The van der Waals surface area contributed by atoms with Crippen molar-refractivity contribution in [1.82, 2.24) is 9.78 Å². The van der Waals surface area contributed by atoms with E-state index in [1.807, 2.05) is 60.1 Å². The minimum atomic E-state index is -0.236. The highest BCUT2D eigenvalue weighted by Crippen LogP contribution is 2.34. The SMILES string of the molecule is CCOC(=O)CCn1nc(-c2cccc(OC)c2)c(C)c1-c1cccc(OC)c1. The summed E-state index contributed by atoms with van der Waals surface area (Å²) in [6.07, 6.45) is 0.253. The lowest BCUT2D eigenvalue weighted by Gasteiger charge is -2.10. The van der Waals surface area contributed by atoms with Crippen LogP contribution >= 0.6 is 0 Å². The van der Waals surface area contributed by atoms with E-state index < -0.39 is 0 Å². The van der Waals surface area contributed by atoms with Crippen molar-refractivity contribution in [2.75, 3.05) is 20.8 Å². The van der Waals surface area contributed by atoms with E-state index in [-0.39, 0.29) is 12.4 Å². The largest absolute Gasteiger partial charge is 0.497 e. The number of benzene rings is 2. The van der Waals surface area contributed by atoms with Gasteiger partial charge in [-0.05, 0) is 38.1 Å². The van der Waals surface area contributed by atoms with E-state index >= 15 is 0 Å². The van der Waals surface area contributed by atoms with Crippen molar-refractivity contribution >= 4 is 5.97 Å². The number of carbonyl (C=O) groups excluding carboxylic acids is 1. The van der Waals surface area contributed by atoms with E-state index in [9.17, 15) is 4.79 Å². The first-order valence-corrected chi connectivity index (χ1v) is 9.59. The number of nitrogens with zero attached hydrogens (tertiary/aromatic N) is 2. The molecule has 0 spiro atoms. The molecule has 0 unspecified atom stereocenters. The summed E-state index contributed by atoms with van der Waals surface area (Å²) in [5, 5.41) is 4.83. The fourth-order valence-corrected chi connectivity index (χ4v) is 3.32. The summed E-state index contributed by atoms with van der Waals surface area (Å²) in [4.78, 5) is 11.9. The molecule has 3 aromatic rings. The Kier molecular flexibility index (Phi) is 6.54. The molecule has 6 nitrogen and oxygen atoms in total. The zero-order valence-electron chi connectivity index (χ0n) is 17.3. The quantitative estimate of drug-likeness (QED) is 0.527. The highest BCUT2D eigenvalue weighted by atomic mass is 16.5.